The minimum absolute atomic E-state index is 0.116. The van der Waals surface area contributed by atoms with Gasteiger partial charge in [0.25, 0.3) is 0 Å². The monoisotopic (exact) mass is 267 g/mol. The second-order valence-electron chi connectivity index (χ2n) is 4.47. The van der Waals surface area contributed by atoms with Crippen LogP contribution in [0.5, 0.6) is 5.88 Å². The van der Waals surface area contributed by atoms with Gasteiger partial charge in [0.1, 0.15) is 12.2 Å². The van der Waals surface area contributed by atoms with E-state index in [0.717, 1.165) is 5.56 Å². The molecule has 0 radical (unpaired) electrons. The average molecular weight is 267 g/mol. The van der Waals surface area contributed by atoms with E-state index in [0.29, 0.717) is 29.2 Å². The van der Waals surface area contributed by atoms with Gasteiger partial charge in [0.15, 0.2) is 11.5 Å². The van der Waals surface area contributed by atoms with E-state index in [-0.39, 0.29) is 5.78 Å². The van der Waals surface area contributed by atoms with Crippen molar-refractivity contribution >= 4 is 16.8 Å². The summed E-state index contributed by atoms with van der Waals surface area (Å²) in [6, 6.07) is 13.2. The number of furan rings is 1. The van der Waals surface area contributed by atoms with E-state index in [4.69, 9.17) is 9.15 Å². The highest BCUT2D eigenvalue weighted by Crippen LogP contribution is 2.27. The van der Waals surface area contributed by atoms with Gasteiger partial charge in [0.2, 0.25) is 5.88 Å². The Hall–Kier alpha value is -2.62. The maximum Gasteiger partial charge on any atom is 0.225 e. The quantitative estimate of drug-likeness (QED) is 0.677. The summed E-state index contributed by atoms with van der Waals surface area (Å²) in [6.07, 6.45) is 1.61. The topological polar surface area (TPSA) is 52.3 Å². The third-order valence-electron chi connectivity index (χ3n) is 2.97. The number of benzene rings is 1. The molecule has 1 aromatic carbocycles. The molecule has 3 rings (SSSR count). The molecule has 0 aliphatic carbocycles. The highest BCUT2D eigenvalue weighted by Gasteiger charge is 2.12. The molecule has 0 saturated heterocycles. The normalized spacial score (nSPS) is 10.7. The van der Waals surface area contributed by atoms with E-state index in [1.54, 1.807) is 18.3 Å². The van der Waals surface area contributed by atoms with Gasteiger partial charge in [-0.3, -0.25) is 4.79 Å². The Morgan fingerprint density at radius 2 is 2.05 bits per heavy atom. The smallest absolute Gasteiger partial charge is 0.225 e. The molecule has 0 spiro atoms. The lowest BCUT2D eigenvalue weighted by Crippen LogP contribution is -1.96. The number of rotatable bonds is 4. The summed E-state index contributed by atoms with van der Waals surface area (Å²) in [5, 5.41) is 0.716. The first-order valence-electron chi connectivity index (χ1n) is 6.30. The van der Waals surface area contributed by atoms with E-state index in [2.05, 4.69) is 4.98 Å². The Morgan fingerprint density at radius 3 is 2.80 bits per heavy atom. The second kappa shape index (κ2) is 5.17. The van der Waals surface area contributed by atoms with Crippen LogP contribution in [0.1, 0.15) is 23.0 Å². The molecular weight excluding hydrogens is 254 g/mol. The largest absolute Gasteiger partial charge is 0.472 e. The van der Waals surface area contributed by atoms with Gasteiger partial charge in [-0.25, -0.2) is 4.98 Å². The van der Waals surface area contributed by atoms with E-state index in [1.807, 2.05) is 30.3 Å². The number of carbonyl (C=O) groups excluding carboxylic acids is 1. The van der Waals surface area contributed by atoms with E-state index < -0.39 is 0 Å². The van der Waals surface area contributed by atoms with Crippen molar-refractivity contribution in [1.29, 1.82) is 0 Å². The molecule has 2 aromatic heterocycles. The Labute approximate surface area is 116 Å². The molecule has 0 saturated carbocycles. The molecule has 0 N–H and O–H groups in total. The fourth-order valence-electron chi connectivity index (χ4n) is 1.95. The third-order valence-corrected chi connectivity index (χ3v) is 2.97. The van der Waals surface area contributed by atoms with Crippen molar-refractivity contribution in [1.82, 2.24) is 4.98 Å². The number of ketones is 1. The minimum Gasteiger partial charge on any atom is -0.472 e. The third kappa shape index (κ3) is 2.40. The van der Waals surface area contributed by atoms with Crippen LogP contribution < -0.4 is 4.74 Å². The molecule has 0 unspecified atom stereocenters. The zero-order valence-corrected chi connectivity index (χ0v) is 11.0. The molecule has 4 nitrogen and oxygen atoms in total. The summed E-state index contributed by atoms with van der Waals surface area (Å²) in [7, 11) is 0. The van der Waals surface area contributed by atoms with Crippen molar-refractivity contribution in [2.75, 3.05) is 0 Å². The summed E-state index contributed by atoms with van der Waals surface area (Å²) in [5.41, 5.74) is 1.66. The first-order valence-corrected chi connectivity index (χ1v) is 6.30. The molecule has 0 fully saturated rings. The fourth-order valence-corrected chi connectivity index (χ4v) is 1.95. The first-order chi connectivity index (χ1) is 9.74. The number of aromatic nitrogens is 1. The zero-order valence-electron chi connectivity index (χ0n) is 11.0. The van der Waals surface area contributed by atoms with E-state index in [9.17, 15) is 4.79 Å². The number of Topliss-reactive ketones (excluding diaryl/α,β-unsaturated/α-hetero) is 1. The Balaban J connectivity index is 1.89. The van der Waals surface area contributed by atoms with Gasteiger partial charge >= 0.3 is 0 Å². The first kappa shape index (κ1) is 12.4. The molecule has 3 aromatic rings. The lowest BCUT2D eigenvalue weighted by atomic mass is 10.2. The van der Waals surface area contributed by atoms with Gasteiger partial charge in [0.05, 0.1) is 5.39 Å². The maximum absolute atomic E-state index is 11.4. The SMILES string of the molecule is CC(=O)c1cc2c(OCc3ccccc3)nccc2o1. The highest BCUT2D eigenvalue weighted by atomic mass is 16.5. The summed E-state index contributed by atoms with van der Waals surface area (Å²) in [6.45, 7) is 1.89. The number of hydrogen-bond acceptors (Lipinski definition) is 4. The molecule has 0 atom stereocenters. The number of hydrogen-bond donors (Lipinski definition) is 0. The number of ether oxygens (including phenoxy) is 1. The molecule has 0 aliphatic heterocycles. The van der Waals surface area contributed by atoms with Gasteiger partial charge in [-0.15, -0.1) is 0 Å². The maximum atomic E-state index is 11.4. The number of nitrogens with zero attached hydrogens (tertiary/aromatic N) is 1. The van der Waals surface area contributed by atoms with Gasteiger partial charge in [-0.2, -0.15) is 0 Å². The predicted molar refractivity (Wildman–Crippen MR) is 74.8 cm³/mol. The van der Waals surface area contributed by atoms with Crippen molar-refractivity contribution < 1.29 is 13.9 Å². The van der Waals surface area contributed by atoms with Crippen LogP contribution in [0.15, 0.2) is 53.1 Å². The molecule has 2 heterocycles. The lowest BCUT2D eigenvalue weighted by molar-refractivity contribution is 0.0989. The summed E-state index contributed by atoms with van der Waals surface area (Å²) in [5.74, 6) is 0.676. The number of fused-ring (bicyclic) bond motifs is 1. The molecule has 4 heteroatoms. The van der Waals surface area contributed by atoms with Crippen molar-refractivity contribution in [2.45, 2.75) is 13.5 Å². The van der Waals surface area contributed by atoms with Crippen molar-refractivity contribution in [2.24, 2.45) is 0 Å². The van der Waals surface area contributed by atoms with Gasteiger partial charge in [-0.05, 0) is 5.56 Å². The van der Waals surface area contributed by atoms with Crippen molar-refractivity contribution in [3.63, 3.8) is 0 Å². The molecule has 0 bridgehead atoms. The zero-order chi connectivity index (χ0) is 13.9. The standard InChI is InChI=1S/C16H13NO3/c1-11(18)15-9-13-14(20-15)7-8-17-16(13)19-10-12-5-3-2-4-6-12/h2-9H,10H2,1H3. The van der Waals surface area contributed by atoms with Crippen molar-refractivity contribution in [3.8, 4) is 5.88 Å². The van der Waals surface area contributed by atoms with E-state index in [1.165, 1.54) is 6.92 Å². The van der Waals surface area contributed by atoms with Crippen LogP contribution in [-0.2, 0) is 6.61 Å². The summed E-state index contributed by atoms with van der Waals surface area (Å²) in [4.78, 5) is 15.6. The molecular formula is C16H13NO3. The Bertz CT molecular complexity index is 747. The van der Waals surface area contributed by atoms with Gasteiger partial charge < -0.3 is 9.15 Å². The Morgan fingerprint density at radius 1 is 1.25 bits per heavy atom. The number of carbonyl (C=O) groups is 1. The summed E-state index contributed by atoms with van der Waals surface area (Å²) >= 11 is 0. The van der Waals surface area contributed by atoms with Crippen LogP contribution in [0.25, 0.3) is 11.0 Å². The molecule has 20 heavy (non-hydrogen) atoms. The van der Waals surface area contributed by atoms with Crippen LogP contribution >= 0.6 is 0 Å². The second-order valence-corrected chi connectivity index (χ2v) is 4.47. The molecule has 0 aliphatic rings. The minimum atomic E-state index is -0.116. The van der Waals surface area contributed by atoms with Crippen molar-refractivity contribution in [3.05, 3.63) is 60.0 Å². The highest BCUT2D eigenvalue weighted by molar-refractivity contribution is 5.97. The van der Waals surface area contributed by atoms with Gasteiger partial charge in [0, 0.05) is 25.3 Å². The van der Waals surface area contributed by atoms with Crippen LogP contribution in [0, 0.1) is 0 Å². The van der Waals surface area contributed by atoms with Gasteiger partial charge in [-0.1, -0.05) is 30.3 Å². The fraction of sp³-hybridized carbons (Fsp3) is 0.125. The molecule has 0 amide bonds. The Kier molecular flexibility index (Phi) is 3.21. The summed E-state index contributed by atoms with van der Waals surface area (Å²) < 4.78 is 11.2. The van der Waals surface area contributed by atoms with E-state index >= 15 is 0 Å². The lowest BCUT2D eigenvalue weighted by Gasteiger charge is -2.05. The van der Waals surface area contributed by atoms with Crippen LogP contribution in [0.3, 0.4) is 0 Å². The average Bonchev–Trinajstić information content (AvgIpc) is 2.91. The number of pyridine rings is 1. The predicted octanol–water partition coefficient (Wildman–Crippen LogP) is 3.61. The van der Waals surface area contributed by atoms with Crippen LogP contribution in [0.4, 0.5) is 0 Å². The molecule has 100 valence electrons. The van der Waals surface area contributed by atoms with Crippen LogP contribution in [0.2, 0.25) is 0 Å². The van der Waals surface area contributed by atoms with Crippen LogP contribution in [-0.4, -0.2) is 10.8 Å².